The molecule has 2 rings (SSSR count). The molecule has 2 aliphatic heterocycles. The Balaban J connectivity index is 2.05. The minimum absolute atomic E-state index is 0.315. The van der Waals surface area contributed by atoms with Gasteiger partial charge in [-0.1, -0.05) is 6.92 Å². The monoisotopic (exact) mass is 225 g/mol. The Bertz CT molecular complexity index is 231. The van der Waals surface area contributed by atoms with E-state index in [0.717, 1.165) is 12.5 Å². The summed E-state index contributed by atoms with van der Waals surface area (Å²) in [6.07, 6.45) is 5.21. The first-order valence-electron chi connectivity index (χ1n) is 6.80. The Morgan fingerprint density at radius 2 is 2.06 bits per heavy atom. The molecule has 0 amide bonds. The third kappa shape index (κ3) is 2.41. The minimum atomic E-state index is 0.315. The molecule has 2 fully saturated rings. The van der Waals surface area contributed by atoms with Crippen LogP contribution in [0.1, 0.15) is 32.6 Å². The highest BCUT2D eigenvalue weighted by molar-refractivity contribution is 4.96. The zero-order valence-corrected chi connectivity index (χ0v) is 10.9. The average molecular weight is 225 g/mol. The first kappa shape index (κ1) is 12.3. The van der Waals surface area contributed by atoms with E-state index in [1.54, 1.807) is 0 Å². The van der Waals surface area contributed by atoms with Crippen molar-refractivity contribution in [1.29, 1.82) is 0 Å². The van der Waals surface area contributed by atoms with E-state index in [-0.39, 0.29) is 0 Å². The standard InChI is InChI=1S/C13H27N3/c1-12-4-8-16(10-12)13(11-14)5-3-7-15(2)9-6-13/h12H,3-11,14H2,1-2H3. The maximum atomic E-state index is 6.12. The van der Waals surface area contributed by atoms with Crippen LogP contribution in [0.15, 0.2) is 0 Å². The van der Waals surface area contributed by atoms with Crippen LogP contribution in [0.3, 0.4) is 0 Å². The van der Waals surface area contributed by atoms with Gasteiger partial charge >= 0.3 is 0 Å². The van der Waals surface area contributed by atoms with E-state index in [0.29, 0.717) is 5.54 Å². The Labute approximate surface area is 100.0 Å². The first-order valence-corrected chi connectivity index (χ1v) is 6.80. The Kier molecular flexibility index (Phi) is 3.88. The van der Waals surface area contributed by atoms with Crippen molar-refractivity contribution in [3.63, 3.8) is 0 Å². The van der Waals surface area contributed by atoms with Crippen LogP contribution in [0.5, 0.6) is 0 Å². The molecular formula is C13H27N3. The molecule has 94 valence electrons. The van der Waals surface area contributed by atoms with E-state index in [9.17, 15) is 0 Å². The quantitative estimate of drug-likeness (QED) is 0.765. The van der Waals surface area contributed by atoms with Crippen LogP contribution in [0.2, 0.25) is 0 Å². The fraction of sp³-hybridized carbons (Fsp3) is 1.00. The summed E-state index contributed by atoms with van der Waals surface area (Å²) < 4.78 is 0. The number of likely N-dealkylation sites (tertiary alicyclic amines) is 2. The van der Waals surface area contributed by atoms with Crippen molar-refractivity contribution < 1.29 is 0 Å². The van der Waals surface area contributed by atoms with Gasteiger partial charge in [0.05, 0.1) is 0 Å². The van der Waals surface area contributed by atoms with Gasteiger partial charge in [0.25, 0.3) is 0 Å². The van der Waals surface area contributed by atoms with Gasteiger partial charge in [0, 0.05) is 18.6 Å². The lowest BCUT2D eigenvalue weighted by atomic mass is 9.88. The fourth-order valence-corrected chi connectivity index (χ4v) is 3.33. The van der Waals surface area contributed by atoms with Gasteiger partial charge in [-0.15, -0.1) is 0 Å². The van der Waals surface area contributed by atoms with Crippen LogP contribution in [0, 0.1) is 5.92 Å². The molecule has 3 nitrogen and oxygen atoms in total. The van der Waals surface area contributed by atoms with E-state index in [4.69, 9.17) is 5.73 Å². The van der Waals surface area contributed by atoms with E-state index < -0.39 is 0 Å². The maximum Gasteiger partial charge on any atom is 0.0344 e. The van der Waals surface area contributed by atoms with Gasteiger partial charge in [0.15, 0.2) is 0 Å². The summed E-state index contributed by atoms with van der Waals surface area (Å²) in [7, 11) is 2.24. The molecular weight excluding hydrogens is 198 g/mol. The molecule has 2 saturated heterocycles. The van der Waals surface area contributed by atoms with Gasteiger partial charge in [0.2, 0.25) is 0 Å². The summed E-state index contributed by atoms with van der Waals surface area (Å²) in [6.45, 7) is 8.19. The Morgan fingerprint density at radius 3 is 2.69 bits per heavy atom. The summed E-state index contributed by atoms with van der Waals surface area (Å²) in [4.78, 5) is 5.15. The lowest BCUT2D eigenvalue weighted by Crippen LogP contribution is -2.53. The molecule has 2 atom stereocenters. The summed E-state index contributed by atoms with van der Waals surface area (Å²) in [5, 5.41) is 0. The molecule has 2 heterocycles. The molecule has 3 heteroatoms. The molecule has 0 aliphatic carbocycles. The van der Waals surface area contributed by atoms with E-state index in [2.05, 4.69) is 23.8 Å². The third-order valence-electron chi connectivity index (χ3n) is 4.62. The highest BCUT2D eigenvalue weighted by atomic mass is 15.2. The molecule has 0 bridgehead atoms. The smallest absolute Gasteiger partial charge is 0.0344 e. The van der Waals surface area contributed by atoms with Crippen LogP contribution in [0.25, 0.3) is 0 Å². The van der Waals surface area contributed by atoms with Crippen LogP contribution < -0.4 is 5.73 Å². The van der Waals surface area contributed by atoms with Crippen molar-refractivity contribution in [3.8, 4) is 0 Å². The number of nitrogens with zero attached hydrogens (tertiary/aromatic N) is 2. The second kappa shape index (κ2) is 5.03. The molecule has 2 unspecified atom stereocenters. The SMILES string of the molecule is CC1CCN(C2(CN)CCCN(C)CC2)C1. The van der Waals surface area contributed by atoms with Gasteiger partial charge in [-0.05, 0) is 58.3 Å². The highest BCUT2D eigenvalue weighted by Crippen LogP contribution is 2.32. The number of hydrogen-bond acceptors (Lipinski definition) is 3. The lowest BCUT2D eigenvalue weighted by molar-refractivity contribution is 0.102. The number of nitrogens with two attached hydrogens (primary N) is 1. The average Bonchev–Trinajstić information content (AvgIpc) is 2.61. The second-order valence-corrected chi connectivity index (χ2v) is 5.93. The zero-order chi connectivity index (χ0) is 11.6. The summed E-state index contributed by atoms with van der Waals surface area (Å²) in [5.41, 5.74) is 6.43. The van der Waals surface area contributed by atoms with Crippen LogP contribution in [-0.4, -0.2) is 55.1 Å². The molecule has 0 aromatic carbocycles. The largest absolute Gasteiger partial charge is 0.329 e. The van der Waals surface area contributed by atoms with E-state index >= 15 is 0 Å². The topological polar surface area (TPSA) is 32.5 Å². The normalized spacial score (nSPS) is 38.8. The lowest BCUT2D eigenvalue weighted by Gasteiger charge is -2.41. The predicted octanol–water partition coefficient (Wildman–Crippen LogP) is 1.14. The summed E-state index contributed by atoms with van der Waals surface area (Å²) in [6, 6.07) is 0. The number of hydrogen-bond donors (Lipinski definition) is 1. The third-order valence-corrected chi connectivity index (χ3v) is 4.62. The van der Waals surface area contributed by atoms with Gasteiger partial charge in [-0.25, -0.2) is 0 Å². The number of rotatable bonds is 2. The van der Waals surface area contributed by atoms with Crippen molar-refractivity contribution in [2.45, 2.75) is 38.1 Å². The molecule has 0 saturated carbocycles. The summed E-state index contributed by atoms with van der Waals surface area (Å²) >= 11 is 0. The van der Waals surface area contributed by atoms with Crippen LogP contribution in [-0.2, 0) is 0 Å². The van der Waals surface area contributed by atoms with Crippen LogP contribution in [0.4, 0.5) is 0 Å². The van der Waals surface area contributed by atoms with Gasteiger partial charge in [-0.2, -0.15) is 0 Å². The minimum Gasteiger partial charge on any atom is -0.329 e. The van der Waals surface area contributed by atoms with Gasteiger partial charge in [0.1, 0.15) is 0 Å². The van der Waals surface area contributed by atoms with Crippen molar-refractivity contribution in [2.75, 3.05) is 39.8 Å². The first-order chi connectivity index (χ1) is 7.66. The Morgan fingerprint density at radius 1 is 1.25 bits per heavy atom. The van der Waals surface area contributed by atoms with Crippen molar-refractivity contribution >= 4 is 0 Å². The molecule has 0 aromatic rings. The molecule has 2 aliphatic rings. The molecule has 0 spiro atoms. The van der Waals surface area contributed by atoms with E-state index in [1.165, 1.54) is 51.9 Å². The molecule has 0 radical (unpaired) electrons. The summed E-state index contributed by atoms with van der Waals surface area (Å²) in [5.74, 6) is 0.865. The van der Waals surface area contributed by atoms with Crippen molar-refractivity contribution in [1.82, 2.24) is 9.80 Å². The zero-order valence-electron chi connectivity index (χ0n) is 10.9. The second-order valence-electron chi connectivity index (χ2n) is 5.93. The van der Waals surface area contributed by atoms with Crippen LogP contribution >= 0.6 is 0 Å². The predicted molar refractivity (Wildman–Crippen MR) is 68.5 cm³/mol. The molecule has 2 N–H and O–H groups in total. The molecule has 0 aromatic heterocycles. The fourth-order valence-electron chi connectivity index (χ4n) is 3.33. The van der Waals surface area contributed by atoms with Gasteiger partial charge in [-0.3, -0.25) is 4.90 Å². The van der Waals surface area contributed by atoms with Gasteiger partial charge < -0.3 is 10.6 Å². The molecule has 16 heavy (non-hydrogen) atoms. The highest BCUT2D eigenvalue weighted by Gasteiger charge is 2.39. The Hall–Kier alpha value is -0.120. The van der Waals surface area contributed by atoms with Crippen molar-refractivity contribution in [3.05, 3.63) is 0 Å². The maximum absolute atomic E-state index is 6.12. The van der Waals surface area contributed by atoms with Crippen molar-refractivity contribution in [2.24, 2.45) is 11.7 Å². The van der Waals surface area contributed by atoms with E-state index in [1.807, 2.05) is 0 Å².